The van der Waals surface area contributed by atoms with Crippen LogP contribution in [-0.2, 0) is 6.42 Å². The zero-order valence-corrected chi connectivity index (χ0v) is 12.9. The zero-order chi connectivity index (χ0) is 16.2. The lowest BCUT2D eigenvalue weighted by atomic mass is 10.2. The second kappa shape index (κ2) is 6.48. The van der Waals surface area contributed by atoms with Crippen LogP contribution in [0.5, 0.6) is 0 Å². The van der Waals surface area contributed by atoms with Gasteiger partial charge in [0.15, 0.2) is 0 Å². The molecule has 118 valence electrons. The molecular weight excluding hydrogens is 292 g/mol. The molecule has 0 saturated carbocycles. The minimum atomic E-state index is -0.353. The number of para-hydroxylation sites is 2. The number of benzene rings is 2. The molecule has 0 radical (unpaired) electrons. The Kier molecular flexibility index (Phi) is 4.23. The molecule has 0 aliphatic rings. The number of imidazole rings is 1. The van der Waals surface area contributed by atoms with Crippen LogP contribution >= 0.6 is 0 Å². The Morgan fingerprint density at radius 1 is 1.26 bits per heavy atom. The fraction of sp³-hybridized carbons (Fsp3) is 0.235. The van der Waals surface area contributed by atoms with Crippen molar-refractivity contribution in [2.75, 3.05) is 11.9 Å². The highest BCUT2D eigenvalue weighted by Crippen LogP contribution is 2.25. The first-order chi connectivity index (χ1) is 11.1. The molecule has 6 heteroatoms. The van der Waals surface area contributed by atoms with E-state index in [1.165, 1.54) is 0 Å². The topological polar surface area (TPSA) is 83.8 Å². The molecule has 3 aromatic rings. The molecule has 0 unspecified atom stereocenters. The summed E-state index contributed by atoms with van der Waals surface area (Å²) in [7, 11) is 0. The van der Waals surface area contributed by atoms with E-state index in [1.807, 2.05) is 37.3 Å². The average Bonchev–Trinajstić information content (AvgIpc) is 2.95. The molecule has 0 aliphatic carbocycles. The molecule has 1 aromatic heterocycles. The number of H-pyrrole nitrogens is 1. The van der Waals surface area contributed by atoms with Gasteiger partial charge in [-0.3, -0.25) is 10.1 Å². The Hall–Kier alpha value is -2.89. The number of anilines is 1. The summed E-state index contributed by atoms with van der Waals surface area (Å²) in [5, 5.41) is 14.2. The number of nitrogens with zero attached hydrogens (tertiary/aromatic N) is 2. The highest BCUT2D eigenvalue weighted by atomic mass is 16.6. The highest BCUT2D eigenvalue weighted by Gasteiger charge is 2.13. The predicted octanol–water partition coefficient (Wildman–Crippen LogP) is 3.82. The van der Waals surface area contributed by atoms with Crippen LogP contribution in [0.2, 0.25) is 0 Å². The first-order valence-electron chi connectivity index (χ1n) is 7.56. The fourth-order valence-electron chi connectivity index (χ4n) is 2.55. The van der Waals surface area contributed by atoms with E-state index in [1.54, 1.807) is 12.1 Å². The van der Waals surface area contributed by atoms with Crippen molar-refractivity contribution in [3.05, 3.63) is 64.0 Å². The third-order valence-corrected chi connectivity index (χ3v) is 3.69. The summed E-state index contributed by atoms with van der Waals surface area (Å²) in [5.41, 5.74) is 3.55. The van der Waals surface area contributed by atoms with Gasteiger partial charge in [-0.1, -0.05) is 18.2 Å². The molecule has 23 heavy (non-hydrogen) atoms. The van der Waals surface area contributed by atoms with Gasteiger partial charge in [-0.15, -0.1) is 0 Å². The number of nitro benzene ring substituents is 1. The summed E-state index contributed by atoms with van der Waals surface area (Å²) in [4.78, 5) is 18.5. The van der Waals surface area contributed by atoms with Crippen LogP contribution in [0.25, 0.3) is 11.0 Å². The Labute approximate surface area is 133 Å². The van der Waals surface area contributed by atoms with Crippen LogP contribution in [0, 0.1) is 17.0 Å². The minimum Gasteiger partial charge on any atom is -0.379 e. The van der Waals surface area contributed by atoms with E-state index < -0.39 is 0 Å². The summed E-state index contributed by atoms with van der Waals surface area (Å²) in [5.74, 6) is 0.936. The third kappa shape index (κ3) is 3.48. The number of hydrogen-bond donors (Lipinski definition) is 2. The number of nitrogens with one attached hydrogen (secondary N) is 2. The fourth-order valence-corrected chi connectivity index (χ4v) is 2.55. The molecule has 3 rings (SSSR count). The first-order valence-corrected chi connectivity index (χ1v) is 7.56. The van der Waals surface area contributed by atoms with Crippen molar-refractivity contribution in [1.82, 2.24) is 9.97 Å². The monoisotopic (exact) mass is 310 g/mol. The van der Waals surface area contributed by atoms with Crippen LogP contribution in [0.1, 0.15) is 17.8 Å². The van der Waals surface area contributed by atoms with Gasteiger partial charge in [-0.2, -0.15) is 0 Å². The second-order valence-corrected chi connectivity index (χ2v) is 5.51. The van der Waals surface area contributed by atoms with Crippen LogP contribution in [0.4, 0.5) is 11.4 Å². The van der Waals surface area contributed by atoms with Crippen LogP contribution in [0.15, 0.2) is 42.5 Å². The van der Waals surface area contributed by atoms with Crippen LogP contribution < -0.4 is 5.32 Å². The van der Waals surface area contributed by atoms with E-state index in [-0.39, 0.29) is 10.6 Å². The lowest BCUT2D eigenvalue weighted by molar-refractivity contribution is -0.384. The molecule has 0 spiro atoms. The SMILES string of the molecule is Cc1ccc(NCCCc2nc3ccccc3[nH]2)c([N+](=O)[O-])c1. The van der Waals surface area contributed by atoms with E-state index >= 15 is 0 Å². The smallest absolute Gasteiger partial charge is 0.292 e. The van der Waals surface area contributed by atoms with E-state index in [0.29, 0.717) is 12.2 Å². The molecule has 0 aliphatic heterocycles. The zero-order valence-electron chi connectivity index (χ0n) is 12.9. The molecule has 0 atom stereocenters. The lowest BCUT2D eigenvalue weighted by Gasteiger charge is -2.07. The van der Waals surface area contributed by atoms with Crippen LogP contribution in [0.3, 0.4) is 0 Å². The highest BCUT2D eigenvalue weighted by molar-refractivity contribution is 5.74. The quantitative estimate of drug-likeness (QED) is 0.412. The number of hydrogen-bond acceptors (Lipinski definition) is 4. The van der Waals surface area contributed by atoms with Crippen LogP contribution in [-0.4, -0.2) is 21.4 Å². The van der Waals surface area contributed by atoms with Gasteiger partial charge in [0, 0.05) is 19.0 Å². The van der Waals surface area contributed by atoms with E-state index in [9.17, 15) is 10.1 Å². The molecule has 2 aromatic carbocycles. The first kappa shape index (κ1) is 15.0. The van der Waals surface area contributed by atoms with E-state index in [0.717, 1.165) is 35.3 Å². The molecular formula is C17H18N4O2. The summed E-state index contributed by atoms with van der Waals surface area (Å²) < 4.78 is 0. The molecule has 0 saturated heterocycles. The molecule has 1 heterocycles. The number of fused-ring (bicyclic) bond motifs is 1. The molecule has 6 nitrogen and oxygen atoms in total. The van der Waals surface area contributed by atoms with Gasteiger partial charge in [-0.25, -0.2) is 4.98 Å². The number of nitro groups is 1. The normalized spacial score (nSPS) is 10.8. The second-order valence-electron chi connectivity index (χ2n) is 5.51. The Bertz CT molecular complexity index is 808. The number of rotatable bonds is 6. The number of aromatic nitrogens is 2. The van der Waals surface area contributed by atoms with Gasteiger partial charge in [0.2, 0.25) is 0 Å². The van der Waals surface area contributed by atoms with Crippen molar-refractivity contribution < 1.29 is 4.92 Å². The summed E-state index contributed by atoms with van der Waals surface area (Å²) >= 11 is 0. The Morgan fingerprint density at radius 3 is 2.87 bits per heavy atom. The maximum atomic E-state index is 11.1. The van der Waals surface area contributed by atoms with Gasteiger partial charge in [-0.05, 0) is 37.1 Å². The number of aryl methyl sites for hydroxylation is 2. The number of aromatic amines is 1. The molecule has 2 N–H and O–H groups in total. The minimum absolute atomic E-state index is 0.119. The maximum absolute atomic E-state index is 11.1. The maximum Gasteiger partial charge on any atom is 0.292 e. The lowest BCUT2D eigenvalue weighted by Crippen LogP contribution is -2.06. The van der Waals surface area contributed by atoms with Gasteiger partial charge >= 0.3 is 0 Å². The predicted molar refractivity (Wildman–Crippen MR) is 90.7 cm³/mol. The van der Waals surface area contributed by atoms with E-state index in [4.69, 9.17) is 0 Å². The van der Waals surface area contributed by atoms with Crippen molar-refractivity contribution in [1.29, 1.82) is 0 Å². The third-order valence-electron chi connectivity index (χ3n) is 3.69. The summed E-state index contributed by atoms with van der Waals surface area (Å²) in [6.45, 7) is 2.50. The summed E-state index contributed by atoms with van der Waals surface area (Å²) in [6.07, 6.45) is 1.63. The van der Waals surface area contributed by atoms with Crippen molar-refractivity contribution in [2.24, 2.45) is 0 Å². The standard InChI is InChI=1S/C17H18N4O2/c1-12-8-9-15(16(11-12)21(22)23)18-10-4-7-17-19-13-5-2-3-6-14(13)20-17/h2-3,5-6,8-9,11,18H,4,7,10H2,1H3,(H,19,20). The molecule has 0 amide bonds. The average molecular weight is 310 g/mol. The molecule has 0 fully saturated rings. The van der Waals surface area contributed by atoms with E-state index in [2.05, 4.69) is 15.3 Å². The van der Waals surface area contributed by atoms with Crippen molar-refractivity contribution in [3.63, 3.8) is 0 Å². The molecule has 0 bridgehead atoms. The van der Waals surface area contributed by atoms with Gasteiger partial charge < -0.3 is 10.3 Å². The Balaban J connectivity index is 1.58. The van der Waals surface area contributed by atoms with Crippen molar-refractivity contribution in [2.45, 2.75) is 19.8 Å². The van der Waals surface area contributed by atoms with Gasteiger partial charge in [0.25, 0.3) is 5.69 Å². The largest absolute Gasteiger partial charge is 0.379 e. The van der Waals surface area contributed by atoms with Gasteiger partial charge in [0.05, 0.1) is 16.0 Å². The Morgan fingerprint density at radius 2 is 2.09 bits per heavy atom. The summed E-state index contributed by atoms with van der Waals surface area (Å²) in [6, 6.07) is 13.1. The van der Waals surface area contributed by atoms with Crippen molar-refractivity contribution >= 4 is 22.4 Å². The van der Waals surface area contributed by atoms with Gasteiger partial charge in [0.1, 0.15) is 11.5 Å². The van der Waals surface area contributed by atoms with Crippen molar-refractivity contribution in [3.8, 4) is 0 Å².